The van der Waals surface area contributed by atoms with Crippen LogP contribution in [0.25, 0.3) is 38.7 Å². The predicted octanol–water partition coefficient (Wildman–Crippen LogP) is 4.89. The minimum Gasteiger partial charge on any atom is -0.380 e. The number of amides is 1. The van der Waals surface area contributed by atoms with Crippen molar-refractivity contribution in [2.75, 3.05) is 11.1 Å². The van der Waals surface area contributed by atoms with Gasteiger partial charge in [0.25, 0.3) is 5.56 Å². The summed E-state index contributed by atoms with van der Waals surface area (Å²) in [4.78, 5) is 34.9. The van der Waals surface area contributed by atoms with Crippen molar-refractivity contribution in [3.63, 3.8) is 0 Å². The summed E-state index contributed by atoms with van der Waals surface area (Å²) in [6, 6.07) is 21.6. The van der Waals surface area contributed by atoms with Crippen molar-refractivity contribution in [1.29, 1.82) is 0 Å². The lowest BCUT2D eigenvalue weighted by Crippen LogP contribution is -2.40. The molecule has 3 N–H and O–H groups in total. The Bertz CT molecular complexity index is 2260. The molecule has 230 valence electrons. The molecule has 0 aliphatic carbocycles. The van der Waals surface area contributed by atoms with Crippen LogP contribution >= 0.6 is 0 Å². The van der Waals surface area contributed by atoms with Gasteiger partial charge in [-0.25, -0.2) is 9.36 Å². The van der Waals surface area contributed by atoms with Crippen molar-refractivity contribution in [2.45, 2.75) is 13.1 Å². The fourth-order valence-electron chi connectivity index (χ4n) is 4.17. The first kappa shape index (κ1) is 30.3. The number of alkyl halides is 3. The number of anilines is 2. The first-order valence-corrected chi connectivity index (χ1v) is 12.9. The van der Waals surface area contributed by atoms with E-state index in [4.69, 9.17) is 19.3 Å². The highest BCUT2D eigenvalue weighted by atomic mass is 19.4. The van der Waals surface area contributed by atoms with E-state index in [-0.39, 0.29) is 11.7 Å². The van der Waals surface area contributed by atoms with Gasteiger partial charge in [0.1, 0.15) is 5.69 Å². The summed E-state index contributed by atoms with van der Waals surface area (Å²) < 4.78 is 54.1. The second-order valence-electron chi connectivity index (χ2n) is 9.32. The largest absolute Gasteiger partial charge is 0.431 e. The van der Waals surface area contributed by atoms with Gasteiger partial charge in [0.2, 0.25) is 5.91 Å². The third-order valence-electron chi connectivity index (χ3n) is 6.26. The summed E-state index contributed by atoms with van der Waals surface area (Å²) in [5, 5.41) is 15.6. The van der Waals surface area contributed by atoms with Gasteiger partial charge in [-0.15, -0.1) is 0 Å². The monoisotopic (exact) mass is 621 g/mol. The van der Waals surface area contributed by atoms with Crippen LogP contribution < -0.4 is 22.3 Å². The van der Waals surface area contributed by atoms with Crippen LogP contribution in [0.15, 0.2) is 102 Å². The number of nitrogens with one attached hydrogen (secondary N) is 1. The fourth-order valence-corrected chi connectivity index (χ4v) is 4.17. The van der Waals surface area contributed by atoms with Gasteiger partial charge in [-0.05, 0) is 36.4 Å². The Morgan fingerprint density at radius 2 is 1.31 bits per heavy atom. The van der Waals surface area contributed by atoms with E-state index >= 15 is 0 Å². The van der Waals surface area contributed by atoms with Crippen molar-refractivity contribution in [3.8, 4) is 5.82 Å². The molecule has 0 atom stereocenters. The van der Waals surface area contributed by atoms with Crippen molar-refractivity contribution < 1.29 is 31.5 Å². The topological polar surface area (TPSA) is 177 Å². The smallest absolute Gasteiger partial charge is 0.380 e. The Labute approximate surface area is 249 Å². The van der Waals surface area contributed by atoms with E-state index in [9.17, 15) is 27.6 Å². The average molecular weight is 622 g/mol. The maximum absolute atomic E-state index is 12.8. The second kappa shape index (κ2) is 12.2. The lowest BCUT2D eigenvalue weighted by molar-refractivity contribution is -0.144. The number of nitrogens with zero attached hydrogens (tertiary/aromatic N) is 5. The van der Waals surface area contributed by atoms with E-state index < -0.39 is 23.1 Å². The Morgan fingerprint density at radius 1 is 0.800 bits per heavy atom. The number of hydrogen-bond donors (Lipinski definition) is 2. The average Bonchev–Trinajstić information content (AvgIpc) is 3.73. The zero-order valence-corrected chi connectivity index (χ0v) is 23.4. The first-order valence-electron chi connectivity index (χ1n) is 12.9. The Balaban J connectivity index is 0.000000147. The van der Waals surface area contributed by atoms with Gasteiger partial charge in [0.15, 0.2) is 34.2 Å². The second-order valence-corrected chi connectivity index (χ2v) is 9.32. The molecule has 0 fully saturated rings. The third-order valence-corrected chi connectivity index (χ3v) is 6.26. The van der Waals surface area contributed by atoms with Crippen LogP contribution in [0.4, 0.5) is 24.8 Å². The number of rotatable bonds is 2. The Hall–Kier alpha value is -6.19. The molecular weight excluding hydrogens is 599 g/mol. The number of halogens is 3. The molecule has 16 heteroatoms. The molecule has 0 unspecified atom stereocenters. The number of nitrogens with two attached hydrogens (primary N) is 1. The van der Waals surface area contributed by atoms with Crippen molar-refractivity contribution in [2.24, 2.45) is 7.05 Å². The molecular formula is C29H22F3N7O6. The Kier molecular flexibility index (Phi) is 8.21. The third kappa shape index (κ3) is 6.29. The summed E-state index contributed by atoms with van der Waals surface area (Å²) in [5.41, 5.74) is 3.58. The van der Waals surface area contributed by atoms with Crippen LogP contribution in [0.1, 0.15) is 12.6 Å². The van der Waals surface area contributed by atoms with Crippen LogP contribution in [0.5, 0.6) is 0 Å². The number of carbonyl (C=O) groups excluding carboxylic acids is 1. The number of hydrogen-bond acceptors (Lipinski definition) is 10. The van der Waals surface area contributed by atoms with E-state index in [1.807, 2.05) is 42.5 Å². The summed E-state index contributed by atoms with van der Waals surface area (Å²) >= 11 is 0. The molecule has 0 bridgehead atoms. The van der Waals surface area contributed by atoms with Crippen LogP contribution in [0.3, 0.4) is 0 Å². The van der Waals surface area contributed by atoms with E-state index in [0.29, 0.717) is 43.4 Å². The van der Waals surface area contributed by atoms with Gasteiger partial charge < -0.3 is 24.6 Å². The zero-order chi connectivity index (χ0) is 32.3. The van der Waals surface area contributed by atoms with E-state index in [1.165, 1.54) is 6.92 Å². The normalized spacial score (nSPS) is 11.1. The molecule has 0 saturated carbocycles. The number of carbonyl (C=O) groups is 1. The number of nitrogen functional groups attached to an aromatic ring is 1. The highest BCUT2D eigenvalue weighted by Gasteiger charge is 2.35. The first-order chi connectivity index (χ1) is 21.5. The molecule has 0 aliphatic rings. The maximum Gasteiger partial charge on any atom is 0.431 e. The molecule has 0 radical (unpaired) electrons. The highest BCUT2D eigenvalue weighted by molar-refractivity contribution is 5.97. The summed E-state index contributed by atoms with van der Waals surface area (Å²) in [5.74, 6) is 0.632. The number of benzene rings is 3. The summed E-state index contributed by atoms with van der Waals surface area (Å²) in [7, 11) is 0.934. The molecule has 4 aromatic heterocycles. The predicted molar refractivity (Wildman–Crippen MR) is 157 cm³/mol. The molecule has 45 heavy (non-hydrogen) atoms. The van der Waals surface area contributed by atoms with Gasteiger partial charge >= 0.3 is 11.9 Å². The van der Waals surface area contributed by atoms with Gasteiger partial charge in [-0.3, -0.25) is 14.2 Å². The molecule has 0 aliphatic heterocycles. The van der Waals surface area contributed by atoms with Crippen LogP contribution in [0, 0.1) is 0 Å². The van der Waals surface area contributed by atoms with Crippen molar-refractivity contribution in [1.82, 2.24) is 24.6 Å². The van der Waals surface area contributed by atoms with Crippen LogP contribution in [-0.4, -0.2) is 30.5 Å². The molecule has 4 heterocycles. The molecule has 1 amide bonds. The summed E-state index contributed by atoms with van der Waals surface area (Å²) in [6.07, 6.45) is -4.81. The van der Waals surface area contributed by atoms with Crippen molar-refractivity contribution in [3.05, 3.63) is 105 Å². The molecule has 0 spiro atoms. The van der Waals surface area contributed by atoms with E-state index in [0.717, 1.165) is 23.4 Å². The number of fused-ring (bicyclic) bond motifs is 3. The number of para-hydroxylation sites is 3. The fraction of sp³-hybridized carbons (Fsp3) is 0.103. The van der Waals surface area contributed by atoms with Gasteiger partial charge in [-0.1, -0.05) is 51.9 Å². The highest BCUT2D eigenvalue weighted by Crippen LogP contribution is 2.27. The van der Waals surface area contributed by atoms with E-state index in [1.54, 1.807) is 30.3 Å². The standard InChI is InChI=1S/C13H8F3N3O3.C9H8N2O2.C7H6N2O/c1-18-9(13(14,15)16)6-10(20)19(12(18)21)11-7-4-2-3-5-8(7)22-17-11;1-6(12)10-9-7-4-2-3-5-8(7)13-11-9;8-7-5-3-1-2-4-6(5)10-9-7/h2-6H,1H3;2-5H,1H3,(H,10,11,12);1-4H,(H2,8,9). The lowest BCUT2D eigenvalue weighted by Gasteiger charge is -2.12. The van der Waals surface area contributed by atoms with Crippen LogP contribution in [0.2, 0.25) is 0 Å². The molecule has 3 aromatic carbocycles. The quantitative estimate of drug-likeness (QED) is 0.270. The minimum atomic E-state index is -4.81. The SMILES string of the molecule is CC(=O)Nc1noc2ccccc12.Cn1c(C(F)(F)F)cc(=O)n(-c2noc3ccccc23)c1=O.Nc1noc2ccccc12. The lowest BCUT2D eigenvalue weighted by atomic mass is 10.2. The van der Waals surface area contributed by atoms with Crippen molar-refractivity contribution >= 4 is 50.5 Å². The summed E-state index contributed by atoms with van der Waals surface area (Å²) in [6.45, 7) is 1.43. The van der Waals surface area contributed by atoms with Gasteiger partial charge in [0, 0.05) is 20.0 Å². The van der Waals surface area contributed by atoms with Gasteiger partial charge in [0.05, 0.1) is 16.2 Å². The number of aromatic nitrogens is 5. The molecule has 7 aromatic rings. The molecule has 13 nitrogen and oxygen atoms in total. The maximum atomic E-state index is 12.8. The Morgan fingerprint density at radius 3 is 1.91 bits per heavy atom. The van der Waals surface area contributed by atoms with Gasteiger partial charge in [-0.2, -0.15) is 13.2 Å². The van der Waals surface area contributed by atoms with E-state index in [2.05, 4.69) is 20.8 Å². The molecule has 0 saturated heterocycles. The van der Waals surface area contributed by atoms with Crippen LogP contribution in [-0.2, 0) is 18.0 Å². The molecule has 7 rings (SSSR count). The minimum absolute atomic E-state index is 0.144. The zero-order valence-electron chi connectivity index (χ0n) is 23.4.